The Kier molecular flexibility index (Phi) is 9.27. The molecule has 0 atom stereocenters. The lowest BCUT2D eigenvalue weighted by molar-refractivity contribution is 0.222. The van der Waals surface area contributed by atoms with Crippen molar-refractivity contribution >= 4 is 10.0 Å². The van der Waals surface area contributed by atoms with Gasteiger partial charge in [0.05, 0.1) is 6.26 Å². The van der Waals surface area contributed by atoms with Gasteiger partial charge in [-0.3, -0.25) is 4.98 Å². The molecule has 0 saturated heterocycles. The molecule has 0 bridgehead atoms. The van der Waals surface area contributed by atoms with Crippen LogP contribution in [0.4, 0.5) is 0 Å². The summed E-state index contributed by atoms with van der Waals surface area (Å²) in [6.45, 7) is 7.90. The van der Waals surface area contributed by atoms with Gasteiger partial charge in [0.15, 0.2) is 0 Å². The quantitative estimate of drug-likeness (QED) is 0.843. The Morgan fingerprint density at radius 1 is 1.16 bits per heavy atom. The van der Waals surface area contributed by atoms with E-state index in [0.717, 1.165) is 18.4 Å². The van der Waals surface area contributed by atoms with Crippen molar-refractivity contribution in [1.29, 1.82) is 0 Å². The average molecular weight is 372 g/mol. The molecule has 1 fully saturated rings. The van der Waals surface area contributed by atoms with Gasteiger partial charge in [-0.15, -0.1) is 0 Å². The number of pyridine rings is 1. The zero-order valence-electron chi connectivity index (χ0n) is 15.7. The monoisotopic (exact) mass is 371 g/mol. The first-order valence-electron chi connectivity index (χ1n) is 8.60. The standard InChI is InChI=1S/C10H21NO2S.C8H12N2.CH4/c1-10(2,11-14(3,12)13)9-7-5-4-6-8-9;1-8(2,9)7-4-3-5-10-6-7;/h9,11H,4-8H2,1-3H3;3-6H,9H2,1-2H3;1H4. The number of nitrogens with two attached hydrogens (primary N) is 1. The highest BCUT2D eigenvalue weighted by molar-refractivity contribution is 7.88. The Morgan fingerprint density at radius 2 is 1.72 bits per heavy atom. The van der Waals surface area contributed by atoms with Gasteiger partial charge in [-0.05, 0) is 58.1 Å². The predicted molar refractivity (Wildman–Crippen MR) is 107 cm³/mol. The van der Waals surface area contributed by atoms with Gasteiger partial charge in [-0.1, -0.05) is 32.8 Å². The van der Waals surface area contributed by atoms with Gasteiger partial charge in [0.2, 0.25) is 10.0 Å². The Balaban J connectivity index is 0.000000465. The third-order valence-corrected chi connectivity index (χ3v) is 5.38. The summed E-state index contributed by atoms with van der Waals surface area (Å²) < 4.78 is 25.1. The fraction of sp³-hybridized carbons (Fsp3) is 0.737. The number of sulfonamides is 1. The Morgan fingerprint density at radius 3 is 2.08 bits per heavy atom. The first-order valence-corrected chi connectivity index (χ1v) is 10.5. The van der Waals surface area contributed by atoms with Crippen LogP contribution in [0.15, 0.2) is 24.5 Å². The van der Waals surface area contributed by atoms with Gasteiger partial charge >= 0.3 is 0 Å². The van der Waals surface area contributed by atoms with E-state index in [-0.39, 0.29) is 18.5 Å². The number of nitrogens with zero attached hydrogens (tertiary/aromatic N) is 1. The number of rotatable bonds is 4. The molecular formula is C19H37N3O2S. The summed E-state index contributed by atoms with van der Waals surface area (Å²) in [5.41, 5.74) is 6.33. The lowest BCUT2D eigenvalue weighted by Gasteiger charge is -2.36. The molecule has 1 aromatic heterocycles. The topological polar surface area (TPSA) is 85.1 Å². The fourth-order valence-corrected chi connectivity index (χ4v) is 4.25. The molecule has 5 nitrogen and oxygen atoms in total. The first-order chi connectivity index (χ1) is 10.9. The minimum Gasteiger partial charge on any atom is -0.322 e. The maximum Gasteiger partial charge on any atom is 0.209 e. The molecule has 25 heavy (non-hydrogen) atoms. The highest BCUT2D eigenvalue weighted by Crippen LogP contribution is 2.32. The predicted octanol–water partition coefficient (Wildman–Crippen LogP) is 3.81. The van der Waals surface area contributed by atoms with E-state index in [1.54, 1.807) is 12.4 Å². The van der Waals surface area contributed by atoms with Crippen LogP contribution in [0.2, 0.25) is 0 Å². The lowest BCUT2D eigenvalue weighted by Crippen LogP contribution is -2.49. The minimum absolute atomic E-state index is 0. The molecule has 146 valence electrons. The van der Waals surface area contributed by atoms with E-state index in [2.05, 4.69) is 9.71 Å². The summed E-state index contributed by atoms with van der Waals surface area (Å²) >= 11 is 0. The van der Waals surface area contributed by atoms with Crippen LogP contribution in [0.3, 0.4) is 0 Å². The fourth-order valence-electron chi connectivity index (χ4n) is 3.13. The molecule has 1 aromatic rings. The van der Waals surface area contributed by atoms with Gasteiger partial charge < -0.3 is 5.73 Å². The van der Waals surface area contributed by atoms with E-state index in [1.165, 1.54) is 25.5 Å². The van der Waals surface area contributed by atoms with Gasteiger partial charge in [-0.2, -0.15) is 0 Å². The molecule has 0 spiro atoms. The maximum atomic E-state index is 11.2. The molecule has 0 aromatic carbocycles. The van der Waals surface area contributed by atoms with Gasteiger partial charge in [0.25, 0.3) is 0 Å². The molecule has 6 heteroatoms. The van der Waals surface area contributed by atoms with Crippen molar-refractivity contribution in [3.63, 3.8) is 0 Å². The van der Waals surface area contributed by atoms with Crippen molar-refractivity contribution in [2.24, 2.45) is 11.7 Å². The molecule has 1 saturated carbocycles. The second kappa shape index (κ2) is 9.64. The summed E-state index contributed by atoms with van der Waals surface area (Å²) in [7, 11) is -3.08. The van der Waals surface area contributed by atoms with Gasteiger partial charge in [0, 0.05) is 23.5 Å². The number of nitrogens with one attached hydrogen (secondary N) is 1. The van der Waals surface area contributed by atoms with E-state index in [0.29, 0.717) is 5.92 Å². The van der Waals surface area contributed by atoms with E-state index in [4.69, 9.17) is 5.73 Å². The second-order valence-electron chi connectivity index (χ2n) is 7.89. The molecule has 3 N–H and O–H groups in total. The van der Waals surface area contributed by atoms with Crippen LogP contribution in [-0.4, -0.2) is 25.2 Å². The lowest BCUT2D eigenvalue weighted by atomic mass is 9.77. The van der Waals surface area contributed by atoms with E-state index < -0.39 is 10.0 Å². The van der Waals surface area contributed by atoms with Crippen molar-refractivity contribution in [2.75, 3.05) is 6.26 Å². The van der Waals surface area contributed by atoms with Crippen molar-refractivity contribution in [3.8, 4) is 0 Å². The van der Waals surface area contributed by atoms with Crippen LogP contribution < -0.4 is 10.5 Å². The van der Waals surface area contributed by atoms with Crippen LogP contribution in [-0.2, 0) is 15.6 Å². The molecule has 0 radical (unpaired) electrons. The van der Waals surface area contributed by atoms with E-state index in [1.807, 2.05) is 39.8 Å². The molecule has 1 aliphatic carbocycles. The van der Waals surface area contributed by atoms with E-state index in [9.17, 15) is 8.42 Å². The summed E-state index contributed by atoms with van der Waals surface area (Å²) in [5.74, 6) is 0.492. The smallest absolute Gasteiger partial charge is 0.209 e. The van der Waals surface area contributed by atoms with Crippen LogP contribution >= 0.6 is 0 Å². The number of aromatic nitrogens is 1. The Labute approximate surface area is 154 Å². The van der Waals surface area contributed by atoms with Crippen LogP contribution in [0, 0.1) is 5.92 Å². The minimum atomic E-state index is -3.08. The molecule has 0 aliphatic heterocycles. The highest BCUT2D eigenvalue weighted by Gasteiger charge is 2.32. The normalized spacial score (nSPS) is 16.4. The highest BCUT2D eigenvalue weighted by atomic mass is 32.2. The third kappa shape index (κ3) is 9.33. The van der Waals surface area contributed by atoms with E-state index >= 15 is 0 Å². The summed E-state index contributed by atoms with van der Waals surface area (Å²) in [6, 6.07) is 3.87. The van der Waals surface area contributed by atoms with Crippen LogP contribution in [0.1, 0.15) is 72.8 Å². The Bertz CT molecular complexity index is 587. The second-order valence-corrected chi connectivity index (χ2v) is 9.64. The summed E-state index contributed by atoms with van der Waals surface area (Å²) in [4.78, 5) is 3.97. The largest absolute Gasteiger partial charge is 0.322 e. The van der Waals surface area contributed by atoms with Crippen molar-refractivity contribution in [3.05, 3.63) is 30.1 Å². The van der Waals surface area contributed by atoms with Crippen molar-refractivity contribution in [2.45, 2.75) is 78.3 Å². The zero-order chi connectivity index (χ0) is 18.4. The molecule has 1 aliphatic rings. The van der Waals surface area contributed by atoms with Crippen molar-refractivity contribution < 1.29 is 8.42 Å². The van der Waals surface area contributed by atoms with Crippen molar-refractivity contribution in [1.82, 2.24) is 9.71 Å². The molecule has 2 rings (SSSR count). The third-order valence-electron chi connectivity index (χ3n) is 4.48. The van der Waals surface area contributed by atoms with Gasteiger partial charge in [0.1, 0.15) is 0 Å². The average Bonchev–Trinajstić information content (AvgIpc) is 2.46. The molecule has 1 heterocycles. The first kappa shape index (κ1) is 24.0. The summed E-state index contributed by atoms with van der Waals surface area (Å²) in [5, 5.41) is 0. The Hall–Kier alpha value is -0.980. The molecular weight excluding hydrogens is 334 g/mol. The zero-order valence-corrected chi connectivity index (χ0v) is 16.5. The van der Waals surface area contributed by atoms with Crippen LogP contribution in [0.5, 0.6) is 0 Å². The molecule has 0 amide bonds. The van der Waals surface area contributed by atoms with Crippen LogP contribution in [0.25, 0.3) is 0 Å². The maximum absolute atomic E-state index is 11.2. The SMILES string of the molecule is C.CC(C)(N)c1cccnc1.CC(C)(NS(C)(=O)=O)C1CCCCC1. The number of hydrogen-bond acceptors (Lipinski definition) is 4. The summed E-state index contributed by atoms with van der Waals surface area (Å²) in [6.07, 6.45) is 10.8. The van der Waals surface area contributed by atoms with Gasteiger partial charge in [-0.25, -0.2) is 13.1 Å². The molecule has 0 unspecified atom stereocenters. The number of hydrogen-bond donors (Lipinski definition) is 2.